The SMILES string of the molecule is CCC(O)N1CCCN(S(C)(=O)=O)CC1. The van der Waals surface area contributed by atoms with Crippen molar-refractivity contribution in [3.05, 3.63) is 0 Å². The lowest BCUT2D eigenvalue weighted by Gasteiger charge is -2.25. The zero-order valence-corrected chi connectivity index (χ0v) is 10.2. The number of aliphatic hydroxyl groups is 1. The van der Waals surface area contributed by atoms with E-state index in [9.17, 15) is 13.5 Å². The Kier molecular flexibility index (Phi) is 4.51. The largest absolute Gasteiger partial charge is 0.378 e. The highest BCUT2D eigenvalue weighted by molar-refractivity contribution is 7.88. The average molecular weight is 236 g/mol. The maximum absolute atomic E-state index is 11.3. The second kappa shape index (κ2) is 5.25. The Bertz CT molecular complexity index is 292. The van der Waals surface area contributed by atoms with E-state index in [4.69, 9.17) is 0 Å². The highest BCUT2D eigenvalue weighted by Crippen LogP contribution is 2.09. The third kappa shape index (κ3) is 3.71. The molecule has 6 heteroatoms. The normalized spacial score (nSPS) is 23.7. The van der Waals surface area contributed by atoms with Gasteiger partial charge in [0, 0.05) is 26.2 Å². The number of hydrogen-bond acceptors (Lipinski definition) is 4. The van der Waals surface area contributed by atoms with Crippen LogP contribution >= 0.6 is 0 Å². The van der Waals surface area contributed by atoms with Crippen molar-refractivity contribution in [3.8, 4) is 0 Å². The van der Waals surface area contributed by atoms with Crippen LogP contribution in [0.2, 0.25) is 0 Å². The maximum Gasteiger partial charge on any atom is 0.211 e. The Hall–Kier alpha value is -0.170. The van der Waals surface area contributed by atoms with Crippen molar-refractivity contribution in [3.63, 3.8) is 0 Å². The molecule has 0 amide bonds. The van der Waals surface area contributed by atoms with E-state index in [2.05, 4.69) is 0 Å². The van der Waals surface area contributed by atoms with Crippen LogP contribution in [0.3, 0.4) is 0 Å². The second-order valence-electron chi connectivity index (χ2n) is 3.94. The molecule has 1 atom stereocenters. The Morgan fingerprint density at radius 1 is 1.27 bits per heavy atom. The molecule has 0 bridgehead atoms. The zero-order chi connectivity index (χ0) is 11.5. The topological polar surface area (TPSA) is 60.9 Å². The van der Waals surface area contributed by atoms with Crippen LogP contribution in [0.15, 0.2) is 0 Å². The molecule has 1 unspecified atom stereocenters. The van der Waals surface area contributed by atoms with Gasteiger partial charge in [0.05, 0.1) is 6.26 Å². The van der Waals surface area contributed by atoms with Crippen LogP contribution in [0, 0.1) is 0 Å². The third-order valence-electron chi connectivity index (χ3n) is 2.75. The molecule has 0 saturated carbocycles. The fourth-order valence-electron chi connectivity index (χ4n) is 1.80. The van der Waals surface area contributed by atoms with Gasteiger partial charge in [0.1, 0.15) is 6.23 Å². The van der Waals surface area contributed by atoms with Crippen molar-refractivity contribution in [1.82, 2.24) is 9.21 Å². The van der Waals surface area contributed by atoms with E-state index in [1.807, 2.05) is 11.8 Å². The van der Waals surface area contributed by atoms with E-state index >= 15 is 0 Å². The second-order valence-corrected chi connectivity index (χ2v) is 5.92. The summed E-state index contributed by atoms with van der Waals surface area (Å²) in [5, 5.41) is 9.65. The van der Waals surface area contributed by atoms with Crippen molar-refractivity contribution in [2.45, 2.75) is 26.0 Å². The molecular formula is C9H20N2O3S. The molecule has 0 aromatic heterocycles. The van der Waals surface area contributed by atoms with Gasteiger partial charge >= 0.3 is 0 Å². The van der Waals surface area contributed by atoms with Gasteiger partial charge in [-0.3, -0.25) is 4.90 Å². The lowest BCUT2D eigenvalue weighted by molar-refractivity contribution is 0.00490. The van der Waals surface area contributed by atoms with Gasteiger partial charge in [-0.05, 0) is 12.8 Å². The summed E-state index contributed by atoms with van der Waals surface area (Å²) in [6.07, 6.45) is 2.26. The van der Waals surface area contributed by atoms with Gasteiger partial charge in [0.25, 0.3) is 0 Å². The predicted octanol–water partition coefficient (Wildman–Crippen LogP) is -0.318. The molecule has 1 rings (SSSR count). The summed E-state index contributed by atoms with van der Waals surface area (Å²) >= 11 is 0. The highest BCUT2D eigenvalue weighted by atomic mass is 32.2. The van der Waals surface area contributed by atoms with E-state index in [0.29, 0.717) is 26.1 Å². The molecule has 1 heterocycles. The minimum absolute atomic E-state index is 0.440. The molecule has 1 aliphatic rings. The van der Waals surface area contributed by atoms with Crippen molar-refractivity contribution >= 4 is 10.0 Å². The number of sulfonamides is 1. The van der Waals surface area contributed by atoms with Gasteiger partial charge in [-0.2, -0.15) is 0 Å². The molecule has 0 radical (unpaired) electrons. The fraction of sp³-hybridized carbons (Fsp3) is 1.00. The lowest BCUT2D eigenvalue weighted by Crippen LogP contribution is -2.38. The average Bonchev–Trinajstić information content (AvgIpc) is 2.40. The van der Waals surface area contributed by atoms with Gasteiger partial charge in [0.15, 0.2) is 0 Å². The van der Waals surface area contributed by atoms with Crippen molar-refractivity contribution in [2.24, 2.45) is 0 Å². The predicted molar refractivity (Wildman–Crippen MR) is 58.9 cm³/mol. The zero-order valence-electron chi connectivity index (χ0n) is 9.39. The summed E-state index contributed by atoms with van der Waals surface area (Å²) in [7, 11) is -3.08. The molecule has 1 fully saturated rings. The maximum atomic E-state index is 11.3. The van der Waals surface area contributed by atoms with Crippen LogP contribution in [0.4, 0.5) is 0 Å². The van der Waals surface area contributed by atoms with Crippen LogP contribution in [-0.2, 0) is 10.0 Å². The van der Waals surface area contributed by atoms with Gasteiger partial charge in [-0.1, -0.05) is 6.92 Å². The molecule has 1 aliphatic heterocycles. The summed E-state index contributed by atoms with van der Waals surface area (Å²) in [6.45, 7) is 4.34. The summed E-state index contributed by atoms with van der Waals surface area (Å²) < 4.78 is 24.1. The molecule has 0 aromatic carbocycles. The van der Waals surface area contributed by atoms with E-state index in [0.717, 1.165) is 13.0 Å². The molecule has 1 saturated heterocycles. The molecule has 0 aromatic rings. The van der Waals surface area contributed by atoms with Crippen LogP contribution < -0.4 is 0 Å². The molecule has 5 nitrogen and oxygen atoms in total. The fourth-order valence-corrected chi connectivity index (χ4v) is 2.68. The monoisotopic (exact) mass is 236 g/mol. The number of hydrogen-bond donors (Lipinski definition) is 1. The van der Waals surface area contributed by atoms with Crippen molar-refractivity contribution in [2.75, 3.05) is 32.4 Å². The summed E-state index contributed by atoms with van der Waals surface area (Å²) in [6, 6.07) is 0. The summed E-state index contributed by atoms with van der Waals surface area (Å²) in [5.74, 6) is 0. The highest BCUT2D eigenvalue weighted by Gasteiger charge is 2.23. The van der Waals surface area contributed by atoms with Crippen molar-refractivity contribution in [1.29, 1.82) is 0 Å². The minimum atomic E-state index is -3.08. The van der Waals surface area contributed by atoms with E-state index in [1.165, 1.54) is 10.6 Å². The van der Waals surface area contributed by atoms with Crippen molar-refractivity contribution < 1.29 is 13.5 Å². The Morgan fingerprint density at radius 3 is 2.47 bits per heavy atom. The molecule has 0 aliphatic carbocycles. The van der Waals surface area contributed by atoms with Crippen LogP contribution in [0.25, 0.3) is 0 Å². The number of nitrogens with zero attached hydrogens (tertiary/aromatic N) is 2. The standard InChI is InChI=1S/C9H20N2O3S/c1-3-9(12)10-5-4-6-11(8-7-10)15(2,13)14/h9,12H,3-8H2,1-2H3. The number of aliphatic hydroxyl groups excluding tert-OH is 1. The first-order valence-corrected chi connectivity index (χ1v) is 7.17. The minimum Gasteiger partial charge on any atom is -0.378 e. The van der Waals surface area contributed by atoms with Crippen LogP contribution in [0.5, 0.6) is 0 Å². The summed E-state index contributed by atoms with van der Waals surface area (Å²) in [4.78, 5) is 1.94. The van der Waals surface area contributed by atoms with Gasteiger partial charge in [-0.15, -0.1) is 0 Å². The first-order chi connectivity index (χ1) is 6.95. The summed E-state index contributed by atoms with van der Waals surface area (Å²) in [5.41, 5.74) is 0. The lowest BCUT2D eigenvalue weighted by atomic mass is 10.3. The number of rotatable bonds is 3. The van der Waals surface area contributed by atoms with Gasteiger partial charge in [-0.25, -0.2) is 12.7 Å². The molecule has 1 N–H and O–H groups in total. The third-order valence-corrected chi connectivity index (χ3v) is 4.05. The van der Waals surface area contributed by atoms with Crippen LogP contribution in [-0.4, -0.2) is 61.4 Å². The molecular weight excluding hydrogens is 216 g/mol. The van der Waals surface area contributed by atoms with Crippen LogP contribution in [0.1, 0.15) is 19.8 Å². The van der Waals surface area contributed by atoms with E-state index < -0.39 is 16.3 Å². The smallest absolute Gasteiger partial charge is 0.211 e. The Morgan fingerprint density at radius 2 is 1.93 bits per heavy atom. The molecule has 15 heavy (non-hydrogen) atoms. The van der Waals surface area contributed by atoms with Gasteiger partial charge < -0.3 is 5.11 Å². The first kappa shape index (κ1) is 12.9. The first-order valence-electron chi connectivity index (χ1n) is 5.32. The quantitative estimate of drug-likeness (QED) is 0.730. The molecule has 0 spiro atoms. The van der Waals surface area contributed by atoms with E-state index in [1.54, 1.807) is 0 Å². The Balaban J connectivity index is 2.56. The molecule has 90 valence electrons. The Labute approximate surface area is 91.7 Å². The van der Waals surface area contributed by atoms with Gasteiger partial charge in [0.2, 0.25) is 10.0 Å². The van der Waals surface area contributed by atoms with E-state index in [-0.39, 0.29) is 0 Å².